The number of carbonyl (C=O) groups excluding carboxylic acids is 2. The number of halogens is 1. The molecule has 1 aromatic rings. The summed E-state index contributed by atoms with van der Waals surface area (Å²) in [6.45, 7) is 0.663. The van der Waals surface area contributed by atoms with Crippen LogP contribution in [0.3, 0.4) is 0 Å². The minimum absolute atomic E-state index is 0.316. The van der Waals surface area contributed by atoms with E-state index in [0.29, 0.717) is 17.9 Å². The summed E-state index contributed by atoms with van der Waals surface area (Å²) in [5, 5.41) is 12.9. The van der Waals surface area contributed by atoms with Crippen LogP contribution in [0.1, 0.15) is 17.3 Å². The molecule has 0 heterocycles. The maximum atomic E-state index is 12.3. The van der Waals surface area contributed by atoms with Crippen molar-refractivity contribution >= 4 is 17.8 Å². The van der Waals surface area contributed by atoms with Gasteiger partial charge in [-0.1, -0.05) is 0 Å². The summed E-state index contributed by atoms with van der Waals surface area (Å²) in [6, 6.07) is 4.67. The second kappa shape index (κ2) is 8.60. The number of carboxylic acids is 1. The van der Waals surface area contributed by atoms with Gasteiger partial charge in [-0.3, -0.25) is 9.59 Å². The lowest BCUT2D eigenvalue weighted by atomic mass is 10.2. The highest BCUT2D eigenvalue weighted by Gasteiger charge is 2.19. The standard InChI is InChI=1S/C14H17FN2O5/c1-2-22-10-5-3-9(4-6-10)13(19)16-8-12(18)17-11(7-15)14(20)21/h3-6,11H,2,7-8H2,1H3,(H,16,19)(H,17,18)(H,20,21). The lowest BCUT2D eigenvalue weighted by Crippen LogP contribution is -2.46. The van der Waals surface area contributed by atoms with Crippen molar-refractivity contribution in [2.75, 3.05) is 19.8 Å². The van der Waals surface area contributed by atoms with E-state index in [0.717, 1.165) is 0 Å². The molecule has 0 bridgehead atoms. The Hall–Kier alpha value is -2.64. The second-order valence-corrected chi connectivity index (χ2v) is 4.25. The number of rotatable bonds is 8. The van der Waals surface area contributed by atoms with E-state index in [9.17, 15) is 18.8 Å². The summed E-state index contributed by atoms with van der Waals surface area (Å²) in [6.07, 6.45) is 0. The lowest BCUT2D eigenvalue weighted by molar-refractivity contribution is -0.142. The van der Waals surface area contributed by atoms with E-state index >= 15 is 0 Å². The number of hydrogen-bond acceptors (Lipinski definition) is 4. The van der Waals surface area contributed by atoms with E-state index in [1.807, 2.05) is 12.2 Å². The van der Waals surface area contributed by atoms with Gasteiger partial charge in [-0.2, -0.15) is 0 Å². The third-order valence-electron chi connectivity index (χ3n) is 2.62. The van der Waals surface area contributed by atoms with Gasteiger partial charge in [0.2, 0.25) is 5.91 Å². The fourth-order valence-corrected chi connectivity index (χ4v) is 1.54. The smallest absolute Gasteiger partial charge is 0.328 e. The van der Waals surface area contributed by atoms with Gasteiger partial charge in [0.15, 0.2) is 6.04 Å². The first-order chi connectivity index (χ1) is 10.5. The number of alkyl halides is 1. The summed E-state index contributed by atoms with van der Waals surface area (Å²) in [5.74, 6) is -2.16. The van der Waals surface area contributed by atoms with Crippen LogP contribution in [0.25, 0.3) is 0 Å². The van der Waals surface area contributed by atoms with Crippen molar-refractivity contribution in [3.63, 3.8) is 0 Å². The van der Waals surface area contributed by atoms with E-state index in [1.165, 1.54) is 12.1 Å². The predicted octanol–water partition coefficient (Wildman–Crippen LogP) is 0.354. The van der Waals surface area contributed by atoms with Crippen molar-refractivity contribution in [1.82, 2.24) is 10.6 Å². The number of carboxylic acid groups (broad SMARTS) is 1. The van der Waals surface area contributed by atoms with Crippen LogP contribution >= 0.6 is 0 Å². The molecule has 0 radical (unpaired) electrons. The first kappa shape index (κ1) is 17.4. The van der Waals surface area contributed by atoms with Gasteiger partial charge >= 0.3 is 5.97 Å². The molecule has 0 saturated heterocycles. The Labute approximate surface area is 126 Å². The number of aliphatic carboxylic acids is 1. The Morgan fingerprint density at radius 2 is 1.91 bits per heavy atom. The van der Waals surface area contributed by atoms with Gasteiger partial charge in [0, 0.05) is 5.56 Å². The summed E-state index contributed by atoms with van der Waals surface area (Å²) >= 11 is 0. The average molecular weight is 312 g/mol. The van der Waals surface area contributed by atoms with Gasteiger partial charge in [-0.25, -0.2) is 9.18 Å². The topological polar surface area (TPSA) is 105 Å². The van der Waals surface area contributed by atoms with Crippen LogP contribution in [0.4, 0.5) is 4.39 Å². The molecular weight excluding hydrogens is 295 g/mol. The van der Waals surface area contributed by atoms with Gasteiger partial charge in [0.25, 0.3) is 5.91 Å². The minimum Gasteiger partial charge on any atom is -0.494 e. The van der Waals surface area contributed by atoms with E-state index < -0.39 is 37.0 Å². The van der Waals surface area contributed by atoms with Crippen LogP contribution < -0.4 is 15.4 Å². The number of ether oxygens (including phenoxy) is 1. The molecule has 0 aliphatic heterocycles. The van der Waals surface area contributed by atoms with Gasteiger partial charge in [0.1, 0.15) is 12.4 Å². The number of hydrogen-bond donors (Lipinski definition) is 3. The van der Waals surface area contributed by atoms with Crippen LogP contribution in [0.2, 0.25) is 0 Å². The molecule has 3 N–H and O–H groups in total. The molecule has 22 heavy (non-hydrogen) atoms. The monoisotopic (exact) mass is 312 g/mol. The van der Waals surface area contributed by atoms with Crippen LogP contribution in [0.15, 0.2) is 24.3 Å². The van der Waals surface area contributed by atoms with Gasteiger partial charge in [-0.05, 0) is 31.2 Å². The molecule has 0 aliphatic rings. The van der Waals surface area contributed by atoms with Crippen molar-refractivity contribution in [3.05, 3.63) is 29.8 Å². The molecule has 1 rings (SSSR count). The minimum atomic E-state index is -1.62. The molecule has 7 nitrogen and oxygen atoms in total. The van der Waals surface area contributed by atoms with Crippen molar-refractivity contribution < 1.29 is 28.6 Å². The molecule has 0 aliphatic carbocycles. The Morgan fingerprint density at radius 1 is 1.27 bits per heavy atom. The Balaban J connectivity index is 2.48. The molecule has 1 atom stereocenters. The molecule has 0 fully saturated rings. The SMILES string of the molecule is CCOc1ccc(C(=O)NCC(=O)NC(CF)C(=O)O)cc1. The number of carbonyl (C=O) groups is 3. The molecule has 120 valence electrons. The van der Waals surface area contributed by atoms with Gasteiger partial charge < -0.3 is 20.5 Å². The summed E-state index contributed by atoms with van der Waals surface area (Å²) in [7, 11) is 0. The van der Waals surface area contributed by atoms with E-state index in [-0.39, 0.29) is 0 Å². The summed E-state index contributed by atoms with van der Waals surface area (Å²) in [4.78, 5) is 33.8. The second-order valence-electron chi connectivity index (χ2n) is 4.25. The van der Waals surface area contributed by atoms with Crippen molar-refractivity contribution in [2.45, 2.75) is 13.0 Å². The van der Waals surface area contributed by atoms with E-state index in [4.69, 9.17) is 9.84 Å². The largest absolute Gasteiger partial charge is 0.494 e. The van der Waals surface area contributed by atoms with E-state index in [2.05, 4.69) is 5.32 Å². The fraction of sp³-hybridized carbons (Fsp3) is 0.357. The highest BCUT2D eigenvalue weighted by Crippen LogP contribution is 2.11. The maximum Gasteiger partial charge on any atom is 0.328 e. The van der Waals surface area contributed by atoms with Gasteiger partial charge in [-0.15, -0.1) is 0 Å². The zero-order valence-electron chi connectivity index (χ0n) is 12.0. The van der Waals surface area contributed by atoms with Gasteiger partial charge in [0.05, 0.1) is 13.2 Å². The molecule has 1 unspecified atom stereocenters. The molecule has 1 aromatic carbocycles. The maximum absolute atomic E-state index is 12.3. The van der Waals surface area contributed by atoms with Crippen molar-refractivity contribution in [3.8, 4) is 5.75 Å². The first-order valence-corrected chi connectivity index (χ1v) is 6.57. The summed E-state index contributed by atoms with van der Waals surface area (Å²) < 4.78 is 17.6. The Bertz CT molecular complexity index is 533. The molecule has 0 saturated carbocycles. The molecular formula is C14H17FN2O5. The van der Waals surface area contributed by atoms with Crippen molar-refractivity contribution in [2.24, 2.45) is 0 Å². The molecule has 2 amide bonds. The predicted molar refractivity (Wildman–Crippen MR) is 75.5 cm³/mol. The zero-order valence-corrected chi connectivity index (χ0v) is 12.0. The highest BCUT2D eigenvalue weighted by molar-refractivity contribution is 5.96. The Morgan fingerprint density at radius 3 is 2.41 bits per heavy atom. The molecule has 0 spiro atoms. The first-order valence-electron chi connectivity index (χ1n) is 6.57. The Kier molecular flexibility index (Phi) is 6.81. The number of benzene rings is 1. The fourth-order valence-electron chi connectivity index (χ4n) is 1.54. The quantitative estimate of drug-likeness (QED) is 0.642. The van der Waals surface area contributed by atoms with Crippen LogP contribution in [-0.4, -0.2) is 48.8 Å². The molecule has 0 aromatic heterocycles. The zero-order chi connectivity index (χ0) is 16.5. The average Bonchev–Trinajstić information content (AvgIpc) is 2.51. The third kappa shape index (κ3) is 5.39. The van der Waals surface area contributed by atoms with E-state index in [1.54, 1.807) is 12.1 Å². The normalized spacial score (nSPS) is 11.4. The van der Waals surface area contributed by atoms with Crippen LogP contribution in [0.5, 0.6) is 5.75 Å². The lowest BCUT2D eigenvalue weighted by Gasteiger charge is -2.11. The number of nitrogens with one attached hydrogen (secondary N) is 2. The van der Waals surface area contributed by atoms with Crippen LogP contribution in [-0.2, 0) is 9.59 Å². The molecule has 8 heteroatoms. The highest BCUT2D eigenvalue weighted by atomic mass is 19.1. The summed E-state index contributed by atoms with van der Waals surface area (Å²) in [5.41, 5.74) is 0.316. The van der Waals surface area contributed by atoms with Crippen LogP contribution in [0, 0.1) is 0 Å². The third-order valence-corrected chi connectivity index (χ3v) is 2.62. The van der Waals surface area contributed by atoms with Crippen molar-refractivity contribution in [1.29, 1.82) is 0 Å². The number of amides is 2.